The van der Waals surface area contributed by atoms with Gasteiger partial charge in [0, 0.05) is 26.5 Å². The Labute approximate surface area is 159 Å². The molecule has 0 saturated heterocycles. The van der Waals surface area contributed by atoms with Crippen molar-refractivity contribution in [3.05, 3.63) is 35.3 Å². The molecule has 2 aromatic rings. The third-order valence-corrected chi connectivity index (χ3v) is 4.59. The summed E-state index contributed by atoms with van der Waals surface area (Å²) in [5, 5.41) is 9.57. The van der Waals surface area contributed by atoms with Crippen LogP contribution in [-0.4, -0.2) is 51.8 Å². The van der Waals surface area contributed by atoms with Crippen molar-refractivity contribution in [1.29, 1.82) is 0 Å². The molecule has 8 heteroatoms. The van der Waals surface area contributed by atoms with Gasteiger partial charge in [0.2, 0.25) is 0 Å². The average molecular weight is 378 g/mol. The van der Waals surface area contributed by atoms with Crippen LogP contribution < -0.4 is 25.0 Å². The molecule has 142 valence electrons. The van der Waals surface area contributed by atoms with Crippen LogP contribution in [0.25, 0.3) is 0 Å². The summed E-state index contributed by atoms with van der Waals surface area (Å²) in [5.41, 5.74) is 0.990. The van der Waals surface area contributed by atoms with Gasteiger partial charge in [0.25, 0.3) is 0 Å². The summed E-state index contributed by atoms with van der Waals surface area (Å²) in [7, 11) is 7.37. The molecule has 1 atom stereocenters. The smallest absolute Gasteiger partial charge is 0.191 e. The van der Waals surface area contributed by atoms with Crippen molar-refractivity contribution < 1.29 is 9.47 Å². The lowest BCUT2D eigenvalue weighted by Gasteiger charge is -2.17. The second-order valence-corrected chi connectivity index (χ2v) is 6.76. The standard InChI is InChI=1S/C18H27N5O2S/c1-13(25-16-8-6-15(24-5)7-9-16)10-20-17(19-2)21-11-14-12-26-18(22-14)23(3)4/h6-9,12-13H,10-11H2,1-5H3,(H2,19,20,21). The minimum atomic E-state index is -0.0124. The number of hydrogen-bond donors (Lipinski definition) is 2. The van der Waals surface area contributed by atoms with E-state index in [9.17, 15) is 0 Å². The number of methoxy groups -OCH3 is 1. The average Bonchev–Trinajstić information content (AvgIpc) is 3.12. The number of nitrogens with one attached hydrogen (secondary N) is 2. The maximum atomic E-state index is 5.88. The molecule has 1 aromatic carbocycles. The molecule has 7 nitrogen and oxygen atoms in total. The molecule has 0 spiro atoms. The Morgan fingerprint density at radius 1 is 1.23 bits per heavy atom. The van der Waals surface area contributed by atoms with Crippen LogP contribution in [-0.2, 0) is 6.54 Å². The number of benzene rings is 1. The number of thiazole rings is 1. The number of ether oxygens (including phenoxy) is 2. The number of aliphatic imine (C=N–C) groups is 1. The molecule has 0 saturated carbocycles. The molecular weight excluding hydrogens is 350 g/mol. The minimum Gasteiger partial charge on any atom is -0.497 e. The number of hydrogen-bond acceptors (Lipinski definition) is 6. The van der Waals surface area contributed by atoms with Gasteiger partial charge in [-0.3, -0.25) is 4.99 Å². The van der Waals surface area contributed by atoms with Gasteiger partial charge in [-0.1, -0.05) is 0 Å². The van der Waals surface area contributed by atoms with Crippen molar-refractivity contribution in [2.45, 2.75) is 19.6 Å². The fourth-order valence-corrected chi connectivity index (χ4v) is 2.90. The van der Waals surface area contributed by atoms with E-state index >= 15 is 0 Å². The van der Waals surface area contributed by atoms with Crippen molar-refractivity contribution in [3.63, 3.8) is 0 Å². The number of anilines is 1. The Morgan fingerprint density at radius 3 is 2.50 bits per heavy atom. The normalized spacial score (nSPS) is 12.4. The molecule has 26 heavy (non-hydrogen) atoms. The van der Waals surface area contributed by atoms with Gasteiger partial charge in [-0.05, 0) is 31.2 Å². The first kappa shape index (κ1) is 19.8. The number of aromatic nitrogens is 1. The van der Waals surface area contributed by atoms with Gasteiger partial charge in [0.05, 0.1) is 25.9 Å². The quantitative estimate of drug-likeness (QED) is 0.544. The van der Waals surface area contributed by atoms with Gasteiger partial charge >= 0.3 is 0 Å². The van der Waals surface area contributed by atoms with Gasteiger partial charge < -0.3 is 25.0 Å². The summed E-state index contributed by atoms with van der Waals surface area (Å²) in [5.74, 6) is 2.34. The molecule has 0 fully saturated rings. The summed E-state index contributed by atoms with van der Waals surface area (Å²) in [4.78, 5) is 10.8. The number of nitrogens with zero attached hydrogens (tertiary/aromatic N) is 3. The summed E-state index contributed by atoms with van der Waals surface area (Å²) in [6.07, 6.45) is -0.0124. The van der Waals surface area contributed by atoms with E-state index in [1.54, 1.807) is 25.5 Å². The van der Waals surface area contributed by atoms with Crippen LogP contribution in [0.15, 0.2) is 34.6 Å². The Kier molecular flexibility index (Phi) is 7.53. The molecule has 2 rings (SSSR count). The highest BCUT2D eigenvalue weighted by atomic mass is 32.1. The highest BCUT2D eigenvalue weighted by Gasteiger charge is 2.08. The van der Waals surface area contributed by atoms with Gasteiger partial charge in [0.1, 0.15) is 17.6 Å². The molecule has 0 radical (unpaired) electrons. The monoisotopic (exact) mass is 377 g/mol. The lowest BCUT2D eigenvalue weighted by molar-refractivity contribution is 0.223. The Hall–Kier alpha value is -2.48. The summed E-state index contributed by atoms with van der Waals surface area (Å²) in [6, 6.07) is 7.55. The van der Waals surface area contributed by atoms with Crippen molar-refractivity contribution in [3.8, 4) is 11.5 Å². The van der Waals surface area contributed by atoms with Crippen LogP contribution in [0.3, 0.4) is 0 Å². The van der Waals surface area contributed by atoms with Crippen molar-refractivity contribution in [1.82, 2.24) is 15.6 Å². The van der Waals surface area contributed by atoms with Gasteiger partial charge in [-0.15, -0.1) is 11.3 Å². The SMILES string of the molecule is CN=C(NCc1csc(N(C)C)n1)NCC(C)Oc1ccc(OC)cc1. The fraction of sp³-hybridized carbons (Fsp3) is 0.444. The fourth-order valence-electron chi connectivity index (χ4n) is 2.15. The molecule has 1 aromatic heterocycles. The van der Waals surface area contributed by atoms with E-state index < -0.39 is 0 Å². The van der Waals surface area contributed by atoms with Crippen molar-refractivity contribution in [2.75, 3.05) is 39.7 Å². The number of rotatable bonds is 8. The van der Waals surface area contributed by atoms with Crippen molar-refractivity contribution in [2.24, 2.45) is 4.99 Å². The predicted molar refractivity (Wildman–Crippen MR) is 108 cm³/mol. The van der Waals surface area contributed by atoms with Crippen LogP contribution in [0.2, 0.25) is 0 Å². The van der Waals surface area contributed by atoms with E-state index in [0.717, 1.165) is 28.3 Å². The molecule has 1 unspecified atom stereocenters. The van der Waals surface area contributed by atoms with E-state index in [2.05, 4.69) is 20.6 Å². The van der Waals surface area contributed by atoms with Gasteiger partial charge in [-0.25, -0.2) is 4.98 Å². The second kappa shape index (κ2) is 9.86. The molecular formula is C18H27N5O2S. The summed E-state index contributed by atoms with van der Waals surface area (Å²) < 4.78 is 11.0. The maximum Gasteiger partial charge on any atom is 0.191 e. The predicted octanol–water partition coefficient (Wildman–Crippen LogP) is 2.35. The molecule has 1 heterocycles. The third-order valence-electron chi connectivity index (χ3n) is 3.54. The highest BCUT2D eigenvalue weighted by molar-refractivity contribution is 7.13. The Morgan fingerprint density at radius 2 is 1.92 bits per heavy atom. The first-order chi connectivity index (χ1) is 12.5. The van der Waals surface area contributed by atoms with Crippen molar-refractivity contribution >= 4 is 22.4 Å². The summed E-state index contributed by atoms with van der Waals surface area (Å²) >= 11 is 1.62. The second-order valence-electron chi connectivity index (χ2n) is 5.93. The first-order valence-electron chi connectivity index (χ1n) is 8.38. The lowest BCUT2D eigenvalue weighted by Crippen LogP contribution is -2.41. The number of guanidine groups is 1. The van der Waals surface area contributed by atoms with E-state index in [-0.39, 0.29) is 6.10 Å². The van der Waals surface area contributed by atoms with Crippen LogP contribution in [0.1, 0.15) is 12.6 Å². The van der Waals surface area contributed by atoms with E-state index in [4.69, 9.17) is 9.47 Å². The topological polar surface area (TPSA) is 71.0 Å². The van der Waals surface area contributed by atoms with Crippen LogP contribution in [0, 0.1) is 0 Å². The zero-order chi connectivity index (χ0) is 18.9. The molecule has 0 aliphatic heterocycles. The molecule has 0 bridgehead atoms. The lowest BCUT2D eigenvalue weighted by atomic mass is 10.3. The van der Waals surface area contributed by atoms with E-state index in [0.29, 0.717) is 13.1 Å². The largest absolute Gasteiger partial charge is 0.497 e. The first-order valence-corrected chi connectivity index (χ1v) is 9.26. The molecule has 0 amide bonds. The van der Waals surface area contributed by atoms with Gasteiger partial charge in [0.15, 0.2) is 11.1 Å². The van der Waals surface area contributed by atoms with Crippen LogP contribution >= 0.6 is 11.3 Å². The van der Waals surface area contributed by atoms with E-state index in [1.165, 1.54) is 0 Å². The third kappa shape index (κ3) is 6.11. The maximum absolute atomic E-state index is 5.88. The Bertz CT molecular complexity index is 700. The molecule has 0 aliphatic rings. The van der Waals surface area contributed by atoms with Gasteiger partial charge in [-0.2, -0.15) is 0 Å². The summed E-state index contributed by atoms with van der Waals surface area (Å²) in [6.45, 7) is 3.26. The highest BCUT2D eigenvalue weighted by Crippen LogP contribution is 2.18. The van der Waals surface area contributed by atoms with E-state index in [1.807, 2.05) is 55.6 Å². The Balaban J connectivity index is 1.76. The van der Waals surface area contributed by atoms with Crippen LogP contribution in [0.4, 0.5) is 5.13 Å². The molecule has 0 aliphatic carbocycles. The molecule has 2 N–H and O–H groups in total. The minimum absolute atomic E-state index is 0.0124. The van der Waals surface area contributed by atoms with Crippen LogP contribution in [0.5, 0.6) is 11.5 Å². The zero-order valence-corrected chi connectivity index (χ0v) is 16.8. The zero-order valence-electron chi connectivity index (χ0n) is 15.9.